The fourth-order valence-electron chi connectivity index (χ4n) is 1.17. The van der Waals surface area contributed by atoms with Crippen molar-refractivity contribution in [2.24, 2.45) is 0 Å². The third-order valence-corrected chi connectivity index (χ3v) is 1.83. The summed E-state index contributed by atoms with van der Waals surface area (Å²) in [7, 11) is 0. The highest BCUT2D eigenvalue weighted by atomic mass is 16.5. The van der Waals surface area contributed by atoms with Gasteiger partial charge < -0.3 is 10.1 Å². The van der Waals surface area contributed by atoms with Crippen LogP contribution < -0.4 is 5.32 Å². The summed E-state index contributed by atoms with van der Waals surface area (Å²) in [5.41, 5.74) is 0.508. The minimum absolute atomic E-state index is 0.0501. The molecule has 0 radical (unpaired) electrons. The zero-order chi connectivity index (χ0) is 11.4. The Bertz CT molecular complexity index is 496. The van der Waals surface area contributed by atoms with Crippen molar-refractivity contribution in [3.05, 3.63) is 12.4 Å². The molecular formula is C8H10N6O2. The zero-order valence-electron chi connectivity index (χ0n) is 8.62. The summed E-state index contributed by atoms with van der Waals surface area (Å²) in [6.45, 7) is 2.16. The first kappa shape index (κ1) is 10.3. The molecule has 84 valence electrons. The van der Waals surface area contributed by atoms with Crippen molar-refractivity contribution in [3.8, 4) is 0 Å². The van der Waals surface area contributed by atoms with Gasteiger partial charge in [-0.05, 0) is 17.4 Å². The molecule has 16 heavy (non-hydrogen) atoms. The molecule has 0 aliphatic rings. The lowest BCUT2D eigenvalue weighted by atomic mass is 10.5. The van der Waals surface area contributed by atoms with Crippen LogP contribution in [0, 0.1) is 0 Å². The predicted molar refractivity (Wildman–Crippen MR) is 53.7 cm³/mol. The summed E-state index contributed by atoms with van der Waals surface area (Å²) in [5, 5.41) is 13.8. The van der Waals surface area contributed by atoms with Crippen LogP contribution in [0.1, 0.15) is 6.92 Å². The second-order valence-electron chi connectivity index (χ2n) is 2.90. The molecule has 2 heterocycles. The number of carbonyl (C=O) groups is 1. The molecule has 0 aliphatic carbocycles. The van der Waals surface area contributed by atoms with Crippen molar-refractivity contribution < 1.29 is 9.53 Å². The van der Waals surface area contributed by atoms with Gasteiger partial charge in [-0.3, -0.25) is 9.78 Å². The number of ether oxygens (including phenoxy) is 1. The summed E-state index contributed by atoms with van der Waals surface area (Å²) in [5.74, 6) is 0.197. The van der Waals surface area contributed by atoms with Gasteiger partial charge in [-0.25, -0.2) is 0 Å². The van der Waals surface area contributed by atoms with Gasteiger partial charge in [-0.2, -0.15) is 4.52 Å². The largest absolute Gasteiger partial charge is 0.465 e. The number of nitrogens with one attached hydrogen (secondary N) is 1. The van der Waals surface area contributed by atoms with Crippen molar-refractivity contribution >= 4 is 17.4 Å². The second-order valence-corrected chi connectivity index (χ2v) is 2.90. The maximum Gasteiger partial charge on any atom is 0.325 e. The Morgan fingerprint density at radius 1 is 1.56 bits per heavy atom. The van der Waals surface area contributed by atoms with Crippen LogP contribution in [0.25, 0.3) is 5.65 Å². The van der Waals surface area contributed by atoms with Crippen LogP contribution in [-0.4, -0.2) is 44.1 Å². The van der Waals surface area contributed by atoms with Crippen LogP contribution in [-0.2, 0) is 9.53 Å². The Morgan fingerprint density at radius 3 is 3.25 bits per heavy atom. The lowest BCUT2D eigenvalue weighted by Gasteiger charge is -2.05. The van der Waals surface area contributed by atoms with Crippen molar-refractivity contribution in [3.63, 3.8) is 0 Å². The molecule has 0 bridgehead atoms. The SMILES string of the molecule is CCOC(=O)CNc1cncc2nnnn12. The average molecular weight is 222 g/mol. The lowest BCUT2D eigenvalue weighted by molar-refractivity contribution is -0.140. The molecule has 0 spiro atoms. The third-order valence-electron chi connectivity index (χ3n) is 1.83. The Labute approximate surface area is 90.6 Å². The zero-order valence-corrected chi connectivity index (χ0v) is 8.62. The van der Waals surface area contributed by atoms with Gasteiger partial charge in [0.25, 0.3) is 0 Å². The van der Waals surface area contributed by atoms with E-state index in [-0.39, 0.29) is 12.5 Å². The number of anilines is 1. The van der Waals surface area contributed by atoms with Crippen LogP contribution in [0.4, 0.5) is 5.82 Å². The molecule has 8 nitrogen and oxygen atoms in total. The van der Waals surface area contributed by atoms with E-state index in [9.17, 15) is 4.79 Å². The van der Waals surface area contributed by atoms with Crippen molar-refractivity contribution in [1.82, 2.24) is 25.0 Å². The topological polar surface area (TPSA) is 94.3 Å². The van der Waals surface area contributed by atoms with E-state index in [0.717, 1.165) is 0 Å². The van der Waals surface area contributed by atoms with E-state index in [1.807, 2.05) is 0 Å². The highest BCUT2D eigenvalue weighted by molar-refractivity contribution is 5.74. The third kappa shape index (κ3) is 2.05. The summed E-state index contributed by atoms with van der Waals surface area (Å²) < 4.78 is 6.23. The number of hydrogen-bond donors (Lipinski definition) is 1. The number of aromatic nitrogens is 5. The van der Waals surface area contributed by atoms with Gasteiger partial charge in [0.15, 0.2) is 11.5 Å². The molecule has 0 atom stereocenters. The van der Waals surface area contributed by atoms with Gasteiger partial charge in [-0.15, -0.1) is 5.10 Å². The number of carbonyl (C=O) groups excluding carboxylic acids is 1. The molecule has 0 saturated carbocycles. The number of rotatable bonds is 4. The number of esters is 1. The van der Waals surface area contributed by atoms with Crippen LogP contribution in [0.5, 0.6) is 0 Å². The van der Waals surface area contributed by atoms with E-state index in [1.54, 1.807) is 6.92 Å². The Hall–Kier alpha value is -2.25. The standard InChI is InChI=1S/C8H10N6O2/c1-2-16-8(15)5-10-6-3-9-4-7-11-12-13-14(6)7/h3-4,10H,2,5H2,1H3. The number of fused-ring (bicyclic) bond motifs is 1. The molecule has 0 unspecified atom stereocenters. The first-order valence-corrected chi connectivity index (χ1v) is 4.73. The van der Waals surface area contributed by atoms with E-state index in [0.29, 0.717) is 18.1 Å². The Morgan fingerprint density at radius 2 is 2.44 bits per heavy atom. The highest BCUT2D eigenvalue weighted by Gasteiger charge is 2.06. The van der Waals surface area contributed by atoms with Gasteiger partial charge in [0.2, 0.25) is 0 Å². The first-order valence-electron chi connectivity index (χ1n) is 4.73. The molecule has 8 heteroatoms. The first-order chi connectivity index (χ1) is 7.81. The fourth-order valence-corrected chi connectivity index (χ4v) is 1.17. The van der Waals surface area contributed by atoms with Gasteiger partial charge in [-0.1, -0.05) is 0 Å². The van der Waals surface area contributed by atoms with Crippen molar-refractivity contribution in [1.29, 1.82) is 0 Å². The average Bonchev–Trinajstić information content (AvgIpc) is 2.75. The Kier molecular flexibility index (Phi) is 2.90. The number of hydrogen-bond acceptors (Lipinski definition) is 7. The van der Waals surface area contributed by atoms with E-state index in [2.05, 4.69) is 25.8 Å². The summed E-state index contributed by atoms with van der Waals surface area (Å²) in [6.07, 6.45) is 3.05. The number of nitrogens with zero attached hydrogens (tertiary/aromatic N) is 5. The fraction of sp³-hybridized carbons (Fsp3) is 0.375. The molecule has 0 fully saturated rings. The minimum atomic E-state index is -0.340. The molecule has 0 amide bonds. The van der Waals surface area contributed by atoms with Crippen LogP contribution in [0.15, 0.2) is 12.4 Å². The quantitative estimate of drug-likeness (QED) is 0.696. The van der Waals surface area contributed by atoms with Gasteiger partial charge in [0.1, 0.15) is 6.54 Å². The maximum absolute atomic E-state index is 11.1. The second kappa shape index (κ2) is 4.51. The normalized spacial score (nSPS) is 10.3. The number of tetrazole rings is 1. The molecule has 0 saturated heterocycles. The van der Waals surface area contributed by atoms with Crippen LogP contribution >= 0.6 is 0 Å². The molecular weight excluding hydrogens is 212 g/mol. The highest BCUT2D eigenvalue weighted by Crippen LogP contribution is 2.04. The molecule has 0 aliphatic heterocycles. The molecule has 2 rings (SSSR count). The van der Waals surface area contributed by atoms with Gasteiger partial charge >= 0.3 is 5.97 Å². The van der Waals surface area contributed by atoms with E-state index >= 15 is 0 Å². The van der Waals surface area contributed by atoms with Crippen LogP contribution in [0.2, 0.25) is 0 Å². The van der Waals surface area contributed by atoms with Crippen LogP contribution in [0.3, 0.4) is 0 Å². The predicted octanol–water partition coefficient (Wildman–Crippen LogP) is -0.506. The summed E-state index contributed by atoms with van der Waals surface area (Å²) >= 11 is 0. The maximum atomic E-state index is 11.1. The monoisotopic (exact) mass is 222 g/mol. The molecule has 0 aromatic carbocycles. The smallest absolute Gasteiger partial charge is 0.325 e. The van der Waals surface area contributed by atoms with Gasteiger partial charge in [0.05, 0.1) is 19.0 Å². The van der Waals surface area contributed by atoms with E-state index in [1.165, 1.54) is 16.9 Å². The summed E-state index contributed by atoms with van der Waals surface area (Å²) in [6, 6.07) is 0. The van der Waals surface area contributed by atoms with Crippen molar-refractivity contribution in [2.45, 2.75) is 6.92 Å². The Balaban J connectivity index is 2.09. The van der Waals surface area contributed by atoms with E-state index in [4.69, 9.17) is 4.74 Å². The minimum Gasteiger partial charge on any atom is -0.465 e. The summed E-state index contributed by atoms with van der Waals surface area (Å²) in [4.78, 5) is 15.1. The molecule has 1 N–H and O–H groups in total. The van der Waals surface area contributed by atoms with E-state index < -0.39 is 0 Å². The molecule has 2 aromatic heterocycles. The van der Waals surface area contributed by atoms with Crippen molar-refractivity contribution in [2.75, 3.05) is 18.5 Å². The van der Waals surface area contributed by atoms with Gasteiger partial charge in [0, 0.05) is 0 Å². The lowest BCUT2D eigenvalue weighted by Crippen LogP contribution is -2.18. The molecule has 2 aromatic rings.